The van der Waals surface area contributed by atoms with E-state index in [1.165, 1.54) is 0 Å². The van der Waals surface area contributed by atoms with Crippen LogP contribution in [0.25, 0.3) is 0 Å². The van der Waals surface area contributed by atoms with Crippen LogP contribution in [0.5, 0.6) is 0 Å². The Morgan fingerprint density at radius 3 is 2.62 bits per heavy atom. The van der Waals surface area contributed by atoms with Gasteiger partial charge in [0, 0.05) is 0 Å². The van der Waals surface area contributed by atoms with Gasteiger partial charge >= 0.3 is 7.80 Å². The van der Waals surface area contributed by atoms with Crippen molar-refractivity contribution in [1.29, 1.82) is 0 Å². The molecule has 1 aliphatic rings. The lowest BCUT2D eigenvalue weighted by Crippen LogP contribution is -1.84. The molecule has 0 aromatic rings. The van der Waals surface area contributed by atoms with Crippen LogP contribution in [0.2, 0.25) is 0 Å². The van der Waals surface area contributed by atoms with Crippen molar-refractivity contribution in [2.75, 3.05) is 0 Å². The lowest BCUT2D eigenvalue weighted by Gasteiger charge is -1.87. The third kappa shape index (κ3) is 1.18. The molecule has 3 heteroatoms. The standard InChI is InChI=1S/C5H5ClOP/c6-5-3-1-2-4-8(5)7/h1-5H/q+1. The van der Waals surface area contributed by atoms with Gasteiger partial charge in [0.15, 0.2) is 5.82 Å². The summed E-state index contributed by atoms with van der Waals surface area (Å²) in [5, 5.41) is -0.282. The summed E-state index contributed by atoms with van der Waals surface area (Å²) in [6.07, 6.45) is 5.27. The molecule has 1 aliphatic heterocycles. The molecule has 0 radical (unpaired) electrons. The van der Waals surface area contributed by atoms with Crippen molar-refractivity contribution in [3.63, 3.8) is 0 Å². The quantitative estimate of drug-likeness (QED) is 0.380. The number of rotatable bonds is 0. The summed E-state index contributed by atoms with van der Waals surface area (Å²) in [6.45, 7) is 0. The van der Waals surface area contributed by atoms with Crippen molar-refractivity contribution in [2.24, 2.45) is 0 Å². The molecule has 1 rings (SSSR count). The highest BCUT2D eigenvalue weighted by Gasteiger charge is 2.22. The van der Waals surface area contributed by atoms with Gasteiger partial charge in [-0.15, -0.1) is 0 Å². The fourth-order valence-electron chi connectivity index (χ4n) is 0.457. The predicted molar refractivity (Wildman–Crippen MR) is 35.5 cm³/mol. The van der Waals surface area contributed by atoms with E-state index in [2.05, 4.69) is 0 Å². The van der Waals surface area contributed by atoms with E-state index in [1.807, 2.05) is 0 Å². The number of hydrogen-bond donors (Lipinski definition) is 0. The highest BCUT2D eigenvalue weighted by atomic mass is 35.5. The fourth-order valence-corrected chi connectivity index (χ4v) is 1.44. The number of hydrogen-bond acceptors (Lipinski definition) is 1. The Labute approximate surface area is 53.8 Å². The molecule has 0 saturated carbocycles. The SMILES string of the molecule is O=[P+]1C=CC=CC1Cl. The van der Waals surface area contributed by atoms with Crippen LogP contribution in [0.4, 0.5) is 0 Å². The molecule has 0 spiro atoms. The molecule has 0 fully saturated rings. The zero-order valence-electron chi connectivity index (χ0n) is 4.12. The van der Waals surface area contributed by atoms with Crippen molar-refractivity contribution < 1.29 is 4.57 Å². The van der Waals surface area contributed by atoms with Crippen LogP contribution in [-0.4, -0.2) is 5.12 Å². The Balaban J connectivity index is 2.74. The van der Waals surface area contributed by atoms with Gasteiger partial charge in [-0.05, 0) is 12.2 Å². The lowest BCUT2D eigenvalue weighted by molar-refractivity contribution is 0.593. The van der Waals surface area contributed by atoms with E-state index >= 15 is 0 Å². The maximum atomic E-state index is 10.7. The second-order valence-corrected chi connectivity index (χ2v) is 3.81. The van der Waals surface area contributed by atoms with Gasteiger partial charge in [-0.2, -0.15) is 0 Å². The molecule has 0 aromatic heterocycles. The topological polar surface area (TPSA) is 17.1 Å². The van der Waals surface area contributed by atoms with E-state index in [1.54, 1.807) is 24.0 Å². The molecule has 42 valence electrons. The maximum absolute atomic E-state index is 10.7. The summed E-state index contributed by atoms with van der Waals surface area (Å²) >= 11 is 5.55. The molecule has 0 aromatic carbocycles. The van der Waals surface area contributed by atoms with Crippen LogP contribution in [0, 0.1) is 0 Å². The molecule has 0 aliphatic carbocycles. The van der Waals surface area contributed by atoms with Gasteiger partial charge in [0.1, 0.15) is 0 Å². The first-order chi connectivity index (χ1) is 3.80. The molecular formula is C5H5ClOP+. The Morgan fingerprint density at radius 1 is 1.50 bits per heavy atom. The van der Waals surface area contributed by atoms with Gasteiger partial charge < -0.3 is 0 Å². The monoisotopic (exact) mass is 147 g/mol. The molecule has 8 heavy (non-hydrogen) atoms. The largest absolute Gasteiger partial charge is 0.392 e. The molecule has 0 amide bonds. The molecule has 0 saturated heterocycles. The Hall–Kier alpha value is -0.130. The first-order valence-corrected chi connectivity index (χ1v) is 4.08. The average Bonchev–Trinajstić information content (AvgIpc) is 1.77. The van der Waals surface area contributed by atoms with Crippen LogP contribution in [0.3, 0.4) is 0 Å². The summed E-state index contributed by atoms with van der Waals surface area (Å²) < 4.78 is 10.7. The smallest absolute Gasteiger partial charge is 0.0666 e. The number of allylic oxidation sites excluding steroid dienone is 3. The van der Waals surface area contributed by atoms with E-state index in [4.69, 9.17) is 11.6 Å². The minimum atomic E-state index is -1.30. The van der Waals surface area contributed by atoms with Gasteiger partial charge in [0.2, 0.25) is 0 Å². The first kappa shape index (κ1) is 6.00. The summed E-state index contributed by atoms with van der Waals surface area (Å²) in [5.41, 5.74) is 0. The number of halogens is 1. The second-order valence-electron chi connectivity index (χ2n) is 1.46. The van der Waals surface area contributed by atoms with E-state index < -0.39 is 7.80 Å². The van der Waals surface area contributed by atoms with Crippen LogP contribution >= 0.6 is 19.4 Å². The molecular weight excluding hydrogens is 142 g/mol. The molecule has 1 heterocycles. The van der Waals surface area contributed by atoms with Gasteiger partial charge in [-0.1, -0.05) is 22.2 Å². The summed E-state index contributed by atoms with van der Waals surface area (Å²) in [5.74, 6) is 1.62. The van der Waals surface area contributed by atoms with E-state index in [0.717, 1.165) is 0 Å². The van der Waals surface area contributed by atoms with Gasteiger partial charge in [-0.25, -0.2) is 0 Å². The van der Waals surface area contributed by atoms with E-state index in [9.17, 15) is 4.57 Å². The van der Waals surface area contributed by atoms with Crippen molar-refractivity contribution >= 4 is 19.4 Å². The molecule has 0 N–H and O–H groups in total. The average molecular weight is 148 g/mol. The molecule has 2 atom stereocenters. The minimum Gasteiger partial charge on any atom is -0.0666 e. The Kier molecular flexibility index (Phi) is 1.82. The molecule has 1 nitrogen and oxygen atoms in total. The van der Waals surface area contributed by atoms with Crippen molar-refractivity contribution in [1.82, 2.24) is 0 Å². The second kappa shape index (κ2) is 2.43. The van der Waals surface area contributed by atoms with Gasteiger partial charge in [-0.3, -0.25) is 0 Å². The minimum absolute atomic E-state index is 0.282. The lowest BCUT2D eigenvalue weighted by atomic mass is 10.5. The van der Waals surface area contributed by atoms with Crippen LogP contribution in [-0.2, 0) is 4.57 Å². The highest BCUT2D eigenvalue weighted by molar-refractivity contribution is 7.51. The van der Waals surface area contributed by atoms with E-state index in [-0.39, 0.29) is 5.12 Å². The van der Waals surface area contributed by atoms with Crippen molar-refractivity contribution in [3.05, 3.63) is 24.0 Å². The maximum Gasteiger partial charge on any atom is 0.392 e. The summed E-state index contributed by atoms with van der Waals surface area (Å²) in [4.78, 5) is 0. The third-order valence-corrected chi connectivity index (χ3v) is 2.70. The normalized spacial score (nSPS) is 31.1. The Morgan fingerprint density at radius 2 is 2.25 bits per heavy atom. The molecule has 0 bridgehead atoms. The van der Waals surface area contributed by atoms with Crippen molar-refractivity contribution in [3.8, 4) is 0 Å². The van der Waals surface area contributed by atoms with Gasteiger partial charge in [0.05, 0.1) is 0 Å². The van der Waals surface area contributed by atoms with E-state index in [0.29, 0.717) is 0 Å². The fraction of sp³-hybridized carbons (Fsp3) is 0.200. The van der Waals surface area contributed by atoms with Crippen molar-refractivity contribution in [2.45, 2.75) is 5.12 Å². The predicted octanol–water partition coefficient (Wildman–Crippen LogP) is 2.46. The van der Waals surface area contributed by atoms with Crippen LogP contribution in [0.1, 0.15) is 0 Å². The number of alkyl halides is 1. The van der Waals surface area contributed by atoms with Crippen LogP contribution < -0.4 is 0 Å². The summed E-state index contributed by atoms with van der Waals surface area (Å²) in [6, 6.07) is 0. The zero-order valence-corrected chi connectivity index (χ0v) is 5.77. The third-order valence-electron chi connectivity index (χ3n) is 0.857. The van der Waals surface area contributed by atoms with Gasteiger partial charge in [0.25, 0.3) is 5.12 Å². The molecule has 2 unspecified atom stereocenters. The summed E-state index contributed by atoms with van der Waals surface area (Å²) in [7, 11) is -1.30. The Bertz CT molecular complexity index is 162. The van der Waals surface area contributed by atoms with Crippen LogP contribution in [0.15, 0.2) is 24.0 Å². The highest BCUT2D eigenvalue weighted by Crippen LogP contribution is 2.35. The first-order valence-electron chi connectivity index (χ1n) is 2.25. The zero-order chi connectivity index (χ0) is 5.98.